The molecule has 0 amide bonds. The van der Waals surface area contributed by atoms with Crippen LogP contribution in [-0.4, -0.2) is 14.3 Å². The molecule has 35 heavy (non-hydrogen) atoms. The molecule has 4 heterocycles. The number of hydrogen-bond acceptors (Lipinski definition) is 8. The maximum absolute atomic E-state index is 13.3. The molecule has 5 aromatic rings. The Hall–Kier alpha value is -3.63. The van der Waals surface area contributed by atoms with Crippen molar-refractivity contribution in [1.82, 2.24) is 9.38 Å². The third-order valence-electron chi connectivity index (χ3n) is 6.59. The molecule has 0 radical (unpaired) electrons. The summed E-state index contributed by atoms with van der Waals surface area (Å²) >= 11 is 2.67. The fraction of sp³-hybridized carbons (Fsp3) is 0.240. The quantitative estimate of drug-likeness (QED) is 0.263. The number of furan rings is 1. The van der Waals surface area contributed by atoms with Crippen molar-refractivity contribution < 1.29 is 9.34 Å². The molecule has 1 aromatic carbocycles. The Balaban J connectivity index is 1.49. The Morgan fingerprint density at radius 2 is 1.94 bits per heavy atom. The first-order valence-electron chi connectivity index (χ1n) is 11.2. The second-order valence-corrected chi connectivity index (χ2v) is 10.8. The Labute approximate surface area is 205 Å². The number of nitro groups is 1. The fourth-order valence-electron chi connectivity index (χ4n) is 4.69. The van der Waals surface area contributed by atoms with Gasteiger partial charge in [0.05, 0.1) is 10.3 Å². The van der Waals surface area contributed by atoms with Gasteiger partial charge in [0.1, 0.15) is 20.9 Å². The highest BCUT2D eigenvalue weighted by atomic mass is 32.1. The van der Waals surface area contributed by atoms with Crippen molar-refractivity contribution in [1.29, 1.82) is 0 Å². The zero-order chi connectivity index (χ0) is 24.4. The van der Waals surface area contributed by atoms with Gasteiger partial charge in [-0.05, 0) is 68.9 Å². The van der Waals surface area contributed by atoms with Crippen LogP contribution in [0.25, 0.3) is 32.6 Å². The lowest BCUT2D eigenvalue weighted by Gasteiger charge is -2.09. The molecule has 0 aliphatic heterocycles. The van der Waals surface area contributed by atoms with Crippen LogP contribution in [0.15, 0.2) is 38.3 Å². The highest BCUT2D eigenvalue weighted by Crippen LogP contribution is 2.34. The van der Waals surface area contributed by atoms with Gasteiger partial charge in [0.15, 0.2) is 0 Å². The summed E-state index contributed by atoms with van der Waals surface area (Å²) in [6.07, 6.45) is 5.54. The van der Waals surface area contributed by atoms with Crippen LogP contribution in [0.5, 0.6) is 0 Å². The van der Waals surface area contributed by atoms with Gasteiger partial charge in [-0.15, -0.1) is 11.3 Å². The number of hydrogen-bond donors (Lipinski definition) is 0. The van der Waals surface area contributed by atoms with Crippen LogP contribution in [0, 0.1) is 24.0 Å². The predicted molar refractivity (Wildman–Crippen MR) is 137 cm³/mol. The number of thiophene rings is 1. The van der Waals surface area contributed by atoms with E-state index < -0.39 is 4.92 Å². The summed E-state index contributed by atoms with van der Waals surface area (Å²) in [6.45, 7) is 3.54. The topological polar surface area (TPSA) is 108 Å². The smallest absolute Gasteiger partial charge is 0.282 e. The number of nitrogens with zero attached hydrogens (tertiary/aromatic N) is 3. The Kier molecular flexibility index (Phi) is 4.97. The van der Waals surface area contributed by atoms with Gasteiger partial charge in [-0.1, -0.05) is 11.3 Å². The van der Waals surface area contributed by atoms with Crippen LogP contribution in [-0.2, 0) is 12.8 Å². The number of aryl methyl sites for hydroxylation is 3. The molecule has 0 unspecified atom stereocenters. The van der Waals surface area contributed by atoms with E-state index in [-0.39, 0.29) is 16.8 Å². The SMILES string of the molecule is Cc1cc(-c2ccc(C=c3sc4nc(=O)c5c6c(sc5n4c3=O)CCCC6)o2)cc([N+](=O)[O-])c1C. The maximum Gasteiger partial charge on any atom is 0.282 e. The van der Waals surface area contributed by atoms with Crippen molar-refractivity contribution in [3.63, 3.8) is 0 Å². The highest BCUT2D eigenvalue weighted by molar-refractivity contribution is 7.19. The van der Waals surface area contributed by atoms with E-state index in [1.165, 1.54) is 22.3 Å². The first kappa shape index (κ1) is 21.9. The van der Waals surface area contributed by atoms with Gasteiger partial charge < -0.3 is 4.42 Å². The summed E-state index contributed by atoms with van der Waals surface area (Å²) in [7, 11) is 0. The molecule has 0 fully saturated rings. The van der Waals surface area contributed by atoms with Gasteiger partial charge in [0.2, 0.25) is 4.96 Å². The summed E-state index contributed by atoms with van der Waals surface area (Å²) in [5.41, 5.74) is 2.58. The van der Waals surface area contributed by atoms with Gasteiger partial charge in [0.25, 0.3) is 16.8 Å². The second-order valence-electron chi connectivity index (χ2n) is 8.74. The molecule has 0 N–H and O–H groups in total. The standard InChI is InChI=1S/C25H19N3O5S2/c1-12-9-14(10-17(13(12)2)28(31)32)18-8-7-15(33-18)11-20-23(30)27-24-21(22(29)26-25(27)35-20)16-5-3-4-6-19(16)34-24/h7-11H,3-6H2,1-2H3. The number of fused-ring (bicyclic) bond motifs is 5. The monoisotopic (exact) mass is 505 g/mol. The minimum Gasteiger partial charge on any atom is -0.457 e. The number of benzene rings is 1. The summed E-state index contributed by atoms with van der Waals surface area (Å²) < 4.78 is 7.89. The van der Waals surface area contributed by atoms with Crippen LogP contribution < -0.4 is 15.7 Å². The molecule has 0 spiro atoms. The molecule has 1 aliphatic carbocycles. The molecular weight excluding hydrogens is 486 g/mol. The molecular formula is C25H19N3O5S2. The van der Waals surface area contributed by atoms with Crippen molar-refractivity contribution in [3.8, 4) is 11.3 Å². The van der Waals surface area contributed by atoms with Crippen molar-refractivity contribution in [2.45, 2.75) is 39.5 Å². The molecule has 0 saturated heterocycles. The summed E-state index contributed by atoms with van der Waals surface area (Å²) in [5.74, 6) is 0.908. The van der Waals surface area contributed by atoms with Crippen LogP contribution in [0.4, 0.5) is 5.69 Å². The van der Waals surface area contributed by atoms with E-state index in [2.05, 4.69) is 4.98 Å². The zero-order valence-electron chi connectivity index (χ0n) is 18.9. The molecule has 0 saturated carbocycles. The third kappa shape index (κ3) is 3.43. The Morgan fingerprint density at radius 1 is 1.14 bits per heavy atom. The first-order valence-corrected chi connectivity index (χ1v) is 12.8. The van der Waals surface area contributed by atoms with Crippen LogP contribution >= 0.6 is 22.7 Å². The average molecular weight is 506 g/mol. The van der Waals surface area contributed by atoms with Gasteiger partial charge in [0, 0.05) is 28.1 Å². The highest BCUT2D eigenvalue weighted by Gasteiger charge is 2.22. The number of aromatic nitrogens is 2. The molecule has 4 aromatic heterocycles. The van der Waals surface area contributed by atoms with Crippen LogP contribution in [0.1, 0.15) is 40.2 Å². The van der Waals surface area contributed by atoms with Crippen LogP contribution in [0.2, 0.25) is 0 Å². The Morgan fingerprint density at radius 3 is 2.74 bits per heavy atom. The normalized spacial score (nSPS) is 14.2. The Bertz CT molecular complexity index is 1860. The lowest BCUT2D eigenvalue weighted by atomic mass is 9.97. The third-order valence-corrected chi connectivity index (χ3v) is 8.84. The zero-order valence-corrected chi connectivity index (χ0v) is 20.5. The van der Waals surface area contributed by atoms with Crippen LogP contribution in [0.3, 0.4) is 0 Å². The minimum absolute atomic E-state index is 0.0341. The van der Waals surface area contributed by atoms with E-state index in [4.69, 9.17) is 4.42 Å². The number of nitro benzene ring substituents is 1. The largest absolute Gasteiger partial charge is 0.457 e. The van der Waals surface area contributed by atoms with E-state index >= 15 is 0 Å². The van der Waals surface area contributed by atoms with Gasteiger partial charge >= 0.3 is 0 Å². The molecule has 6 rings (SSSR count). The minimum atomic E-state index is -0.402. The van der Waals surface area contributed by atoms with Crippen molar-refractivity contribution >= 4 is 49.6 Å². The lowest BCUT2D eigenvalue weighted by molar-refractivity contribution is -0.385. The molecule has 0 bridgehead atoms. The number of rotatable bonds is 3. The van der Waals surface area contributed by atoms with Crippen molar-refractivity contribution in [2.24, 2.45) is 0 Å². The molecule has 8 nitrogen and oxygen atoms in total. The predicted octanol–water partition coefficient (Wildman–Crippen LogP) is 4.54. The molecule has 1 aliphatic rings. The average Bonchev–Trinajstić information content (AvgIpc) is 3.52. The first-order chi connectivity index (χ1) is 16.8. The molecule has 0 atom stereocenters. The van der Waals surface area contributed by atoms with E-state index in [0.717, 1.165) is 48.1 Å². The van der Waals surface area contributed by atoms with E-state index in [1.54, 1.807) is 29.5 Å². The van der Waals surface area contributed by atoms with E-state index in [1.807, 2.05) is 13.0 Å². The summed E-state index contributed by atoms with van der Waals surface area (Å²) in [6, 6.07) is 6.78. The van der Waals surface area contributed by atoms with Gasteiger partial charge in [-0.3, -0.25) is 19.7 Å². The summed E-state index contributed by atoms with van der Waals surface area (Å²) in [5, 5.41) is 12.0. The number of thiazole rings is 1. The van der Waals surface area contributed by atoms with Crippen molar-refractivity contribution in [3.05, 3.63) is 86.9 Å². The second kappa shape index (κ2) is 7.96. The lowest BCUT2D eigenvalue weighted by Crippen LogP contribution is -2.24. The molecule has 176 valence electrons. The fourth-order valence-corrected chi connectivity index (χ4v) is 7.07. The van der Waals surface area contributed by atoms with E-state index in [0.29, 0.717) is 42.4 Å². The van der Waals surface area contributed by atoms with E-state index in [9.17, 15) is 19.7 Å². The van der Waals surface area contributed by atoms with Crippen molar-refractivity contribution in [2.75, 3.05) is 0 Å². The summed E-state index contributed by atoms with van der Waals surface area (Å²) in [4.78, 5) is 43.6. The maximum atomic E-state index is 13.3. The van der Waals surface area contributed by atoms with Gasteiger partial charge in [-0.25, -0.2) is 4.40 Å². The molecule has 10 heteroatoms. The van der Waals surface area contributed by atoms with Gasteiger partial charge in [-0.2, -0.15) is 4.98 Å².